The van der Waals surface area contributed by atoms with Crippen molar-refractivity contribution in [2.75, 3.05) is 6.54 Å². The molecule has 0 radical (unpaired) electrons. The largest absolute Gasteiger partial charge is 0.481 e. The Morgan fingerprint density at radius 2 is 2.05 bits per heavy atom. The Bertz CT molecular complexity index is 427. The van der Waals surface area contributed by atoms with Gasteiger partial charge in [0.25, 0.3) is 5.97 Å². The van der Waals surface area contributed by atoms with Crippen LogP contribution in [0.2, 0.25) is 0 Å². The molecule has 4 nitrogen and oxygen atoms in total. The normalized spacial score (nSPS) is 18.6. The summed E-state index contributed by atoms with van der Waals surface area (Å²) in [6.45, 7) is 4.32. The Labute approximate surface area is 125 Å². The molecule has 1 aliphatic heterocycles. The summed E-state index contributed by atoms with van der Waals surface area (Å²) in [5, 5.41) is 14.2. The fraction of sp³-hybridized carbons (Fsp3) is 0.467. The van der Waals surface area contributed by atoms with Gasteiger partial charge in [-0.3, -0.25) is 4.79 Å². The molecule has 0 amide bonds. The van der Waals surface area contributed by atoms with Gasteiger partial charge in [0.05, 0.1) is 11.0 Å². The van der Waals surface area contributed by atoms with Crippen LogP contribution in [-0.2, 0) is 4.79 Å². The SMILES string of the molecule is CC(=O)O.C[C@@H](NC(=S)[C@@H]1CCCN1)c1ccccc1. The van der Waals surface area contributed by atoms with Gasteiger partial charge in [0.2, 0.25) is 0 Å². The molecule has 1 fully saturated rings. The van der Waals surface area contributed by atoms with E-state index in [9.17, 15) is 0 Å². The first-order chi connectivity index (χ1) is 9.50. The highest BCUT2D eigenvalue weighted by Crippen LogP contribution is 2.13. The zero-order chi connectivity index (χ0) is 15.0. The minimum Gasteiger partial charge on any atom is -0.481 e. The van der Waals surface area contributed by atoms with Crippen molar-refractivity contribution in [2.45, 2.75) is 38.8 Å². The lowest BCUT2D eigenvalue weighted by atomic mass is 10.1. The monoisotopic (exact) mass is 294 g/mol. The predicted octanol–water partition coefficient (Wildman–Crippen LogP) is 2.51. The number of hydrogen-bond donors (Lipinski definition) is 3. The van der Waals surface area contributed by atoms with Crippen LogP contribution in [0.1, 0.15) is 38.3 Å². The van der Waals surface area contributed by atoms with E-state index < -0.39 is 5.97 Å². The molecule has 1 heterocycles. The van der Waals surface area contributed by atoms with E-state index in [4.69, 9.17) is 22.1 Å². The van der Waals surface area contributed by atoms with Crippen LogP contribution < -0.4 is 10.6 Å². The van der Waals surface area contributed by atoms with Gasteiger partial charge in [-0.15, -0.1) is 0 Å². The van der Waals surface area contributed by atoms with E-state index in [-0.39, 0.29) is 6.04 Å². The molecule has 1 aromatic rings. The van der Waals surface area contributed by atoms with Gasteiger partial charge in [0.1, 0.15) is 0 Å². The van der Waals surface area contributed by atoms with Gasteiger partial charge in [-0.05, 0) is 31.9 Å². The van der Waals surface area contributed by atoms with Crippen molar-refractivity contribution in [2.24, 2.45) is 0 Å². The summed E-state index contributed by atoms with van der Waals surface area (Å²) in [6, 6.07) is 11.1. The average molecular weight is 294 g/mol. The van der Waals surface area contributed by atoms with E-state index in [2.05, 4.69) is 41.8 Å². The van der Waals surface area contributed by atoms with Gasteiger partial charge in [-0.25, -0.2) is 0 Å². The average Bonchev–Trinajstić information content (AvgIpc) is 2.93. The molecule has 1 aliphatic rings. The first-order valence-electron chi connectivity index (χ1n) is 6.79. The maximum Gasteiger partial charge on any atom is 0.300 e. The van der Waals surface area contributed by atoms with Crippen molar-refractivity contribution in [1.82, 2.24) is 10.6 Å². The number of nitrogens with one attached hydrogen (secondary N) is 2. The molecule has 0 saturated carbocycles. The molecule has 0 spiro atoms. The van der Waals surface area contributed by atoms with E-state index in [1.165, 1.54) is 12.0 Å². The predicted molar refractivity (Wildman–Crippen MR) is 84.9 cm³/mol. The van der Waals surface area contributed by atoms with Crippen LogP contribution in [0.5, 0.6) is 0 Å². The quantitative estimate of drug-likeness (QED) is 0.748. The Morgan fingerprint density at radius 1 is 1.45 bits per heavy atom. The summed E-state index contributed by atoms with van der Waals surface area (Å²) >= 11 is 5.42. The van der Waals surface area contributed by atoms with E-state index in [0.717, 1.165) is 24.9 Å². The highest BCUT2D eigenvalue weighted by Gasteiger charge is 2.19. The molecule has 2 atom stereocenters. The third-order valence-electron chi connectivity index (χ3n) is 3.04. The van der Waals surface area contributed by atoms with Crippen molar-refractivity contribution in [3.63, 3.8) is 0 Å². The Hall–Kier alpha value is -1.46. The standard InChI is InChI=1S/C13H18N2S.C2H4O2/c1-10(11-6-3-2-4-7-11)15-13(16)12-8-5-9-14-12;1-2(3)4/h2-4,6-7,10,12,14H,5,8-9H2,1H3,(H,15,16);1H3,(H,3,4)/t10-,12+;/m1./s1. The summed E-state index contributed by atoms with van der Waals surface area (Å²) in [7, 11) is 0. The van der Waals surface area contributed by atoms with Crippen LogP contribution in [0.4, 0.5) is 0 Å². The Morgan fingerprint density at radius 3 is 2.55 bits per heavy atom. The van der Waals surface area contributed by atoms with E-state index >= 15 is 0 Å². The fourth-order valence-electron chi connectivity index (χ4n) is 2.05. The maximum absolute atomic E-state index is 9.00. The summed E-state index contributed by atoms with van der Waals surface area (Å²) in [4.78, 5) is 9.95. The minimum atomic E-state index is -0.833. The van der Waals surface area contributed by atoms with Crippen molar-refractivity contribution in [3.05, 3.63) is 35.9 Å². The minimum absolute atomic E-state index is 0.288. The number of aliphatic carboxylic acids is 1. The van der Waals surface area contributed by atoms with Gasteiger partial charge < -0.3 is 15.7 Å². The van der Waals surface area contributed by atoms with Gasteiger partial charge in [0.15, 0.2) is 0 Å². The number of carboxylic acids is 1. The molecule has 2 rings (SSSR count). The zero-order valence-corrected chi connectivity index (χ0v) is 12.7. The first kappa shape index (κ1) is 16.6. The molecule has 1 saturated heterocycles. The van der Waals surface area contributed by atoms with Crippen LogP contribution in [-0.4, -0.2) is 28.7 Å². The van der Waals surface area contributed by atoms with E-state index in [0.29, 0.717) is 6.04 Å². The summed E-state index contributed by atoms with van der Waals surface area (Å²) < 4.78 is 0. The molecule has 0 unspecified atom stereocenters. The highest BCUT2D eigenvalue weighted by molar-refractivity contribution is 7.80. The lowest BCUT2D eigenvalue weighted by molar-refractivity contribution is -0.134. The number of benzene rings is 1. The van der Waals surface area contributed by atoms with E-state index in [1.54, 1.807) is 0 Å². The number of rotatable bonds is 3. The highest BCUT2D eigenvalue weighted by atomic mass is 32.1. The molecule has 110 valence electrons. The molecular weight excluding hydrogens is 272 g/mol. The second kappa shape index (κ2) is 8.66. The van der Waals surface area contributed by atoms with Crippen molar-refractivity contribution >= 4 is 23.2 Å². The van der Waals surface area contributed by atoms with Gasteiger partial charge in [-0.2, -0.15) is 0 Å². The lowest BCUT2D eigenvalue weighted by Gasteiger charge is -2.20. The molecule has 0 aliphatic carbocycles. The maximum atomic E-state index is 9.00. The van der Waals surface area contributed by atoms with Crippen molar-refractivity contribution in [3.8, 4) is 0 Å². The molecule has 5 heteroatoms. The third-order valence-corrected chi connectivity index (χ3v) is 3.44. The number of carbonyl (C=O) groups is 1. The van der Waals surface area contributed by atoms with Crippen LogP contribution >= 0.6 is 12.2 Å². The zero-order valence-electron chi connectivity index (χ0n) is 11.9. The Balaban J connectivity index is 0.000000444. The van der Waals surface area contributed by atoms with Gasteiger partial charge >= 0.3 is 0 Å². The van der Waals surface area contributed by atoms with Crippen LogP contribution in [0.15, 0.2) is 30.3 Å². The smallest absolute Gasteiger partial charge is 0.300 e. The molecule has 0 aromatic heterocycles. The van der Waals surface area contributed by atoms with Crippen LogP contribution in [0.3, 0.4) is 0 Å². The van der Waals surface area contributed by atoms with Crippen LogP contribution in [0.25, 0.3) is 0 Å². The number of hydrogen-bond acceptors (Lipinski definition) is 3. The van der Waals surface area contributed by atoms with Crippen molar-refractivity contribution < 1.29 is 9.90 Å². The molecule has 1 aromatic carbocycles. The van der Waals surface area contributed by atoms with Gasteiger partial charge in [-0.1, -0.05) is 42.5 Å². The lowest BCUT2D eigenvalue weighted by Crippen LogP contribution is -2.40. The Kier molecular flexibility index (Phi) is 7.18. The van der Waals surface area contributed by atoms with E-state index in [1.807, 2.05) is 6.07 Å². The van der Waals surface area contributed by atoms with Crippen LogP contribution in [0, 0.1) is 0 Å². The summed E-state index contributed by atoms with van der Waals surface area (Å²) in [5.74, 6) is -0.833. The number of thiocarbonyl (C=S) groups is 1. The number of carboxylic acid groups (broad SMARTS) is 1. The molecule has 0 bridgehead atoms. The fourth-order valence-corrected chi connectivity index (χ4v) is 2.43. The second-order valence-electron chi connectivity index (χ2n) is 4.81. The summed E-state index contributed by atoms with van der Waals surface area (Å²) in [6.07, 6.45) is 2.39. The molecule has 3 N–H and O–H groups in total. The molecular formula is C15H22N2O2S. The van der Waals surface area contributed by atoms with Crippen molar-refractivity contribution in [1.29, 1.82) is 0 Å². The third kappa shape index (κ3) is 6.12. The van der Waals surface area contributed by atoms with Gasteiger partial charge in [0, 0.05) is 13.0 Å². The summed E-state index contributed by atoms with van der Waals surface area (Å²) in [5.41, 5.74) is 1.28. The topological polar surface area (TPSA) is 61.4 Å². The molecule has 20 heavy (non-hydrogen) atoms. The second-order valence-corrected chi connectivity index (χ2v) is 5.25. The first-order valence-corrected chi connectivity index (χ1v) is 7.19.